The third-order valence-electron chi connectivity index (χ3n) is 4.76. The molecule has 1 fully saturated rings. The Hall–Kier alpha value is -0.0400. The van der Waals surface area contributed by atoms with Crippen molar-refractivity contribution in [2.45, 2.75) is 79.2 Å². The molecule has 1 rings (SSSR count). The second-order valence-electron chi connectivity index (χ2n) is 6.73. The van der Waals surface area contributed by atoms with E-state index in [2.05, 4.69) is 39.9 Å². The van der Waals surface area contributed by atoms with Gasteiger partial charge in [-0.1, -0.05) is 47.5 Å². The summed E-state index contributed by atoms with van der Waals surface area (Å²) in [5.41, 5.74) is 0.549. The summed E-state index contributed by atoms with van der Waals surface area (Å²) in [7, 11) is 0. The molecule has 0 aromatic carbocycles. The minimum atomic E-state index is 0.549. The summed E-state index contributed by atoms with van der Waals surface area (Å²) in [6.07, 6.45) is 8.22. The van der Waals surface area contributed by atoms with Gasteiger partial charge in [0.15, 0.2) is 0 Å². The van der Waals surface area contributed by atoms with Crippen LogP contribution in [-0.2, 0) is 0 Å². The van der Waals surface area contributed by atoms with E-state index in [1.807, 2.05) is 0 Å². The van der Waals surface area contributed by atoms with Gasteiger partial charge in [0.25, 0.3) is 0 Å². The molecule has 102 valence electrons. The van der Waals surface area contributed by atoms with Crippen molar-refractivity contribution in [2.75, 3.05) is 6.54 Å². The van der Waals surface area contributed by atoms with E-state index < -0.39 is 0 Å². The lowest BCUT2D eigenvalue weighted by Gasteiger charge is -2.38. The summed E-state index contributed by atoms with van der Waals surface area (Å²) >= 11 is 0. The van der Waals surface area contributed by atoms with Crippen molar-refractivity contribution in [1.82, 2.24) is 5.32 Å². The fourth-order valence-electron chi connectivity index (χ4n) is 3.71. The van der Waals surface area contributed by atoms with Crippen LogP contribution in [0.15, 0.2) is 0 Å². The first-order valence-corrected chi connectivity index (χ1v) is 7.76. The molecule has 3 unspecified atom stereocenters. The van der Waals surface area contributed by atoms with Gasteiger partial charge in [0, 0.05) is 6.04 Å². The largest absolute Gasteiger partial charge is 0.313 e. The Labute approximate surface area is 109 Å². The monoisotopic (exact) mass is 239 g/mol. The van der Waals surface area contributed by atoms with Crippen LogP contribution in [0, 0.1) is 17.3 Å². The van der Waals surface area contributed by atoms with Crippen molar-refractivity contribution >= 4 is 0 Å². The third-order valence-corrected chi connectivity index (χ3v) is 4.76. The zero-order valence-electron chi connectivity index (χ0n) is 12.7. The standard InChI is InChI=1S/C16H33N/c1-6-9-13(3)15(17-12-7-2)14-10-8-11-16(14,4)5/h13-15,17H,6-12H2,1-5H3. The van der Waals surface area contributed by atoms with Gasteiger partial charge in [-0.15, -0.1) is 0 Å². The molecular formula is C16H33N. The van der Waals surface area contributed by atoms with E-state index >= 15 is 0 Å². The molecule has 1 N–H and O–H groups in total. The molecule has 0 saturated heterocycles. The smallest absolute Gasteiger partial charge is 0.0126 e. The van der Waals surface area contributed by atoms with Crippen molar-refractivity contribution < 1.29 is 0 Å². The van der Waals surface area contributed by atoms with Crippen molar-refractivity contribution in [2.24, 2.45) is 17.3 Å². The minimum absolute atomic E-state index is 0.549. The molecule has 0 aromatic heterocycles. The maximum Gasteiger partial charge on any atom is 0.0126 e. The highest BCUT2D eigenvalue weighted by Crippen LogP contribution is 2.46. The van der Waals surface area contributed by atoms with Gasteiger partial charge in [-0.05, 0) is 49.5 Å². The Balaban J connectivity index is 2.67. The molecule has 1 saturated carbocycles. The molecule has 0 bridgehead atoms. The van der Waals surface area contributed by atoms with Crippen LogP contribution in [-0.4, -0.2) is 12.6 Å². The molecule has 0 amide bonds. The molecular weight excluding hydrogens is 206 g/mol. The van der Waals surface area contributed by atoms with E-state index in [1.54, 1.807) is 0 Å². The maximum absolute atomic E-state index is 3.85. The quantitative estimate of drug-likeness (QED) is 0.683. The lowest BCUT2D eigenvalue weighted by molar-refractivity contribution is 0.154. The maximum atomic E-state index is 3.85. The van der Waals surface area contributed by atoms with Crippen LogP contribution >= 0.6 is 0 Å². The van der Waals surface area contributed by atoms with Crippen molar-refractivity contribution in [1.29, 1.82) is 0 Å². The molecule has 1 heteroatoms. The average Bonchev–Trinajstić information content (AvgIpc) is 2.60. The van der Waals surface area contributed by atoms with Gasteiger partial charge < -0.3 is 5.32 Å². The van der Waals surface area contributed by atoms with Gasteiger partial charge >= 0.3 is 0 Å². The van der Waals surface area contributed by atoms with Gasteiger partial charge in [0.1, 0.15) is 0 Å². The van der Waals surface area contributed by atoms with Crippen LogP contribution in [0.3, 0.4) is 0 Å². The van der Waals surface area contributed by atoms with Gasteiger partial charge in [-0.2, -0.15) is 0 Å². The van der Waals surface area contributed by atoms with E-state index in [-0.39, 0.29) is 0 Å². The predicted octanol–water partition coefficient (Wildman–Crippen LogP) is 4.62. The van der Waals surface area contributed by atoms with Crippen LogP contribution < -0.4 is 5.32 Å². The van der Waals surface area contributed by atoms with E-state index in [4.69, 9.17) is 0 Å². The molecule has 3 atom stereocenters. The van der Waals surface area contributed by atoms with Crippen LogP contribution in [0.5, 0.6) is 0 Å². The molecule has 0 aliphatic heterocycles. The molecule has 0 spiro atoms. The molecule has 0 heterocycles. The number of hydrogen-bond donors (Lipinski definition) is 1. The van der Waals surface area contributed by atoms with E-state index in [0.29, 0.717) is 5.41 Å². The summed E-state index contributed by atoms with van der Waals surface area (Å²) < 4.78 is 0. The summed E-state index contributed by atoms with van der Waals surface area (Å²) in [5, 5.41) is 3.85. The second kappa shape index (κ2) is 6.78. The fourth-order valence-corrected chi connectivity index (χ4v) is 3.71. The summed E-state index contributed by atoms with van der Waals surface area (Å²) in [6, 6.07) is 0.743. The second-order valence-corrected chi connectivity index (χ2v) is 6.73. The topological polar surface area (TPSA) is 12.0 Å². The summed E-state index contributed by atoms with van der Waals surface area (Å²) in [5.74, 6) is 1.71. The SMILES string of the molecule is CCCNC(C(C)CCC)C1CCCC1(C)C. The Morgan fingerprint density at radius 1 is 1.24 bits per heavy atom. The van der Waals surface area contributed by atoms with Gasteiger partial charge in [0.05, 0.1) is 0 Å². The summed E-state index contributed by atoms with van der Waals surface area (Å²) in [6.45, 7) is 13.2. The summed E-state index contributed by atoms with van der Waals surface area (Å²) in [4.78, 5) is 0. The molecule has 1 nitrogen and oxygen atoms in total. The number of nitrogens with one attached hydrogen (secondary N) is 1. The molecule has 0 aromatic rings. The highest BCUT2D eigenvalue weighted by molar-refractivity contribution is 4.94. The van der Waals surface area contributed by atoms with Gasteiger partial charge in [-0.25, -0.2) is 0 Å². The first kappa shape index (κ1) is 15.0. The first-order chi connectivity index (χ1) is 8.03. The van der Waals surface area contributed by atoms with Gasteiger partial charge in [-0.3, -0.25) is 0 Å². The molecule has 0 radical (unpaired) electrons. The number of hydrogen-bond acceptors (Lipinski definition) is 1. The highest BCUT2D eigenvalue weighted by atomic mass is 14.9. The molecule has 1 aliphatic carbocycles. The average molecular weight is 239 g/mol. The lowest BCUT2D eigenvalue weighted by Crippen LogP contribution is -2.45. The minimum Gasteiger partial charge on any atom is -0.313 e. The zero-order chi connectivity index (χ0) is 12.9. The zero-order valence-corrected chi connectivity index (χ0v) is 12.7. The van der Waals surface area contributed by atoms with Crippen molar-refractivity contribution in [3.63, 3.8) is 0 Å². The van der Waals surface area contributed by atoms with Crippen LogP contribution in [0.4, 0.5) is 0 Å². The third kappa shape index (κ3) is 3.98. The lowest BCUT2D eigenvalue weighted by atomic mass is 9.73. The van der Waals surface area contributed by atoms with E-state index in [1.165, 1.54) is 45.1 Å². The Morgan fingerprint density at radius 3 is 2.41 bits per heavy atom. The van der Waals surface area contributed by atoms with Crippen LogP contribution in [0.1, 0.15) is 73.1 Å². The fraction of sp³-hybridized carbons (Fsp3) is 1.00. The first-order valence-electron chi connectivity index (χ1n) is 7.76. The van der Waals surface area contributed by atoms with E-state index in [9.17, 15) is 0 Å². The molecule has 1 aliphatic rings. The van der Waals surface area contributed by atoms with Crippen LogP contribution in [0.2, 0.25) is 0 Å². The normalized spacial score (nSPS) is 27.0. The predicted molar refractivity (Wildman–Crippen MR) is 77.3 cm³/mol. The van der Waals surface area contributed by atoms with Crippen LogP contribution in [0.25, 0.3) is 0 Å². The van der Waals surface area contributed by atoms with Crippen molar-refractivity contribution in [3.8, 4) is 0 Å². The Bertz CT molecular complexity index is 210. The highest BCUT2D eigenvalue weighted by Gasteiger charge is 2.40. The Kier molecular flexibility index (Phi) is 5.99. The number of rotatable bonds is 7. The molecule has 17 heavy (non-hydrogen) atoms. The Morgan fingerprint density at radius 2 is 1.94 bits per heavy atom. The van der Waals surface area contributed by atoms with Gasteiger partial charge in [0.2, 0.25) is 0 Å². The van der Waals surface area contributed by atoms with Crippen molar-refractivity contribution in [3.05, 3.63) is 0 Å². The van der Waals surface area contributed by atoms with E-state index in [0.717, 1.165) is 17.9 Å².